The van der Waals surface area contributed by atoms with Crippen molar-refractivity contribution in [1.82, 2.24) is 4.98 Å². The number of rotatable bonds is 4. The quantitative estimate of drug-likeness (QED) is 0.923. The topological polar surface area (TPSA) is 42.4 Å². The smallest absolute Gasteiger partial charge is 0.0791 e. The number of ether oxygens (including phenoxy) is 1. The molecule has 1 fully saturated rings. The number of hydrogen-bond donors (Lipinski definition) is 1. The number of aromatic nitrogens is 1. The highest BCUT2D eigenvalue weighted by molar-refractivity contribution is 5.78. The van der Waals surface area contributed by atoms with Gasteiger partial charge in [0.25, 0.3) is 0 Å². The molecule has 2 unspecified atom stereocenters. The first kappa shape index (κ1) is 13.5. The Kier molecular flexibility index (Phi) is 4.28. The van der Waals surface area contributed by atoms with Crippen LogP contribution in [0.3, 0.4) is 0 Å². The van der Waals surface area contributed by atoms with Gasteiger partial charge >= 0.3 is 0 Å². The van der Waals surface area contributed by atoms with Crippen LogP contribution in [-0.2, 0) is 4.74 Å². The van der Waals surface area contributed by atoms with Gasteiger partial charge in [0.1, 0.15) is 0 Å². The highest BCUT2D eigenvalue weighted by Gasteiger charge is 2.16. The molecule has 0 bridgehead atoms. The fourth-order valence-corrected chi connectivity index (χ4v) is 2.84. The molecule has 1 saturated heterocycles. The SMILES string of the molecule is OC(CCC1CCCCO1)c1ccc2cccnc2c1. The Balaban J connectivity index is 1.64. The summed E-state index contributed by atoms with van der Waals surface area (Å²) in [4.78, 5) is 4.34. The maximum Gasteiger partial charge on any atom is 0.0791 e. The Bertz CT molecular complexity index is 564. The van der Waals surface area contributed by atoms with E-state index in [9.17, 15) is 5.11 Å². The van der Waals surface area contributed by atoms with E-state index in [1.807, 2.05) is 30.3 Å². The zero-order chi connectivity index (χ0) is 13.8. The van der Waals surface area contributed by atoms with Gasteiger partial charge < -0.3 is 9.84 Å². The Morgan fingerprint density at radius 2 is 2.25 bits per heavy atom. The van der Waals surface area contributed by atoms with Gasteiger partial charge in [-0.05, 0) is 49.8 Å². The van der Waals surface area contributed by atoms with Crippen molar-refractivity contribution in [3.05, 3.63) is 42.1 Å². The second kappa shape index (κ2) is 6.33. The second-order valence-corrected chi connectivity index (χ2v) is 5.54. The Morgan fingerprint density at radius 1 is 1.30 bits per heavy atom. The minimum Gasteiger partial charge on any atom is -0.388 e. The van der Waals surface area contributed by atoms with Gasteiger partial charge in [-0.15, -0.1) is 0 Å². The molecule has 0 aliphatic carbocycles. The van der Waals surface area contributed by atoms with Crippen LogP contribution in [0, 0.1) is 0 Å². The van der Waals surface area contributed by atoms with Crippen LogP contribution >= 0.6 is 0 Å². The molecule has 1 aliphatic heterocycles. The maximum absolute atomic E-state index is 10.3. The Labute approximate surface area is 119 Å². The van der Waals surface area contributed by atoms with E-state index in [2.05, 4.69) is 4.98 Å². The van der Waals surface area contributed by atoms with Crippen LogP contribution in [0.2, 0.25) is 0 Å². The van der Waals surface area contributed by atoms with Gasteiger partial charge in [-0.1, -0.05) is 18.2 Å². The third kappa shape index (κ3) is 3.17. The largest absolute Gasteiger partial charge is 0.388 e. The zero-order valence-corrected chi connectivity index (χ0v) is 11.7. The summed E-state index contributed by atoms with van der Waals surface area (Å²) >= 11 is 0. The molecule has 3 rings (SSSR count). The number of nitrogens with zero attached hydrogens (tertiary/aromatic N) is 1. The van der Waals surface area contributed by atoms with Crippen molar-refractivity contribution in [2.45, 2.75) is 44.3 Å². The molecular weight excluding hydrogens is 250 g/mol. The Morgan fingerprint density at radius 3 is 3.10 bits per heavy atom. The van der Waals surface area contributed by atoms with Crippen molar-refractivity contribution in [3.63, 3.8) is 0 Å². The van der Waals surface area contributed by atoms with Crippen LogP contribution in [0.5, 0.6) is 0 Å². The monoisotopic (exact) mass is 271 g/mol. The summed E-state index contributed by atoms with van der Waals surface area (Å²) in [5, 5.41) is 11.4. The van der Waals surface area contributed by atoms with E-state index >= 15 is 0 Å². The average molecular weight is 271 g/mol. The number of fused-ring (bicyclic) bond motifs is 1. The third-order valence-corrected chi connectivity index (χ3v) is 4.05. The number of aliphatic hydroxyl groups excluding tert-OH is 1. The van der Waals surface area contributed by atoms with Crippen molar-refractivity contribution in [1.29, 1.82) is 0 Å². The fraction of sp³-hybridized carbons (Fsp3) is 0.471. The molecule has 3 heteroatoms. The predicted octanol–water partition coefficient (Wildman–Crippen LogP) is 3.62. The summed E-state index contributed by atoms with van der Waals surface area (Å²) in [7, 11) is 0. The van der Waals surface area contributed by atoms with Crippen molar-refractivity contribution >= 4 is 10.9 Å². The highest BCUT2D eigenvalue weighted by atomic mass is 16.5. The first-order valence-corrected chi connectivity index (χ1v) is 7.47. The van der Waals surface area contributed by atoms with Gasteiger partial charge in [0.2, 0.25) is 0 Å². The highest BCUT2D eigenvalue weighted by Crippen LogP contribution is 2.25. The van der Waals surface area contributed by atoms with Crippen LogP contribution in [0.15, 0.2) is 36.5 Å². The van der Waals surface area contributed by atoms with Crippen molar-refractivity contribution in [3.8, 4) is 0 Å². The summed E-state index contributed by atoms with van der Waals surface area (Å²) in [6.07, 6.45) is 6.94. The van der Waals surface area contributed by atoms with Crippen molar-refractivity contribution in [2.24, 2.45) is 0 Å². The van der Waals surface area contributed by atoms with Gasteiger partial charge in [0, 0.05) is 18.2 Å². The van der Waals surface area contributed by atoms with E-state index in [1.54, 1.807) is 6.20 Å². The van der Waals surface area contributed by atoms with E-state index in [0.29, 0.717) is 6.10 Å². The van der Waals surface area contributed by atoms with E-state index < -0.39 is 6.10 Å². The lowest BCUT2D eigenvalue weighted by molar-refractivity contribution is 0.00214. The van der Waals surface area contributed by atoms with Crippen LogP contribution in [0.1, 0.15) is 43.8 Å². The summed E-state index contributed by atoms with van der Waals surface area (Å²) < 4.78 is 5.71. The van der Waals surface area contributed by atoms with Crippen molar-refractivity contribution < 1.29 is 9.84 Å². The van der Waals surface area contributed by atoms with Crippen LogP contribution in [0.4, 0.5) is 0 Å². The molecule has 2 heterocycles. The lowest BCUT2D eigenvalue weighted by atomic mass is 9.98. The average Bonchev–Trinajstić information content (AvgIpc) is 2.53. The normalized spacial score (nSPS) is 20.9. The van der Waals surface area contributed by atoms with Gasteiger partial charge in [-0.3, -0.25) is 4.98 Å². The molecule has 0 radical (unpaired) electrons. The second-order valence-electron chi connectivity index (χ2n) is 5.54. The summed E-state index contributed by atoms with van der Waals surface area (Å²) in [5.74, 6) is 0. The number of benzene rings is 1. The number of aliphatic hydroxyl groups is 1. The summed E-state index contributed by atoms with van der Waals surface area (Å²) in [5.41, 5.74) is 1.89. The lowest BCUT2D eigenvalue weighted by Crippen LogP contribution is -2.19. The molecule has 106 valence electrons. The van der Waals surface area contributed by atoms with E-state index in [0.717, 1.165) is 42.3 Å². The minimum absolute atomic E-state index is 0.331. The maximum atomic E-state index is 10.3. The van der Waals surface area contributed by atoms with E-state index in [1.165, 1.54) is 12.8 Å². The minimum atomic E-state index is -0.424. The van der Waals surface area contributed by atoms with Gasteiger partial charge in [-0.2, -0.15) is 0 Å². The summed E-state index contributed by atoms with van der Waals surface area (Å²) in [6, 6.07) is 9.98. The molecule has 0 saturated carbocycles. The van der Waals surface area contributed by atoms with Crippen molar-refractivity contribution in [2.75, 3.05) is 6.61 Å². The molecule has 0 amide bonds. The van der Waals surface area contributed by atoms with Crippen LogP contribution < -0.4 is 0 Å². The molecule has 0 spiro atoms. The molecule has 1 aromatic carbocycles. The van der Waals surface area contributed by atoms with Crippen LogP contribution in [-0.4, -0.2) is 22.8 Å². The number of hydrogen-bond acceptors (Lipinski definition) is 3. The fourth-order valence-electron chi connectivity index (χ4n) is 2.84. The van der Waals surface area contributed by atoms with Gasteiger partial charge in [0.05, 0.1) is 17.7 Å². The zero-order valence-electron chi connectivity index (χ0n) is 11.7. The standard InChI is InChI=1S/C17H21NO2/c19-17(9-8-15-5-1-2-11-20-15)14-7-6-13-4-3-10-18-16(13)12-14/h3-4,6-7,10,12,15,17,19H,1-2,5,8-9,11H2. The van der Waals surface area contributed by atoms with E-state index in [-0.39, 0.29) is 0 Å². The molecule has 1 aromatic heterocycles. The molecule has 20 heavy (non-hydrogen) atoms. The molecular formula is C17H21NO2. The molecule has 2 atom stereocenters. The Hall–Kier alpha value is -1.45. The predicted molar refractivity (Wildman–Crippen MR) is 79.5 cm³/mol. The molecule has 3 nitrogen and oxygen atoms in total. The first-order chi connectivity index (χ1) is 9.83. The number of pyridine rings is 1. The molecule has 1 aliphatic rings. The third-order valence-electron chi connectivity index (χ3n) is 4.05. The lowest BCUT2D eigenvalue weighted by Gasteiger charge is -2.23. The summed E-state index contributed by atoms with van der Waals surface area (Å²) in [6.45, 7) is 0.876. The first-order valence-electron chi connectivity index (χ1n) is 7.47. The van der Waals surface area contributed by atoms with E-state index in [4.69, 9.17) is 4.74 Å². The molecule has 1 N–H and O–H groups in total. The van der Waals surface area contributed by atoms with Crippen LogP contribution in [0.25, 0.3) is 10.9 Å². The molecule has 2 aromatic rings. The van der Waals surface area contributed by atoms with Gasteiger partial charge in [-0.25, -0.2) is 0 Å². The van der Waals surface area contributed by atoms with Gasteiger partial charge in [0.15, 0.2) is 0 Å².